The van der Waals surface area contributed by atoms with Crippen molar-refractivity contribution in [2.45, 2.75) is 57.0 Å². The van der Waals surface area contributed by atoms with Crippen LogP contribution in [0.3, 0.4) is 0 Å². The van der Waals surface area contributed by atoms with Crippen LogP contribution in [0.25, 0.3) is 10.9 Å². The fraction of sp³-hybridized carbons (Fsp3) is 0.696. The van der Waals surface area contributed by atoms with Crippen LogP contribution in [-0.4, -0.2) is 64.6 Å². The molecule has 0 radical (unpaired) electrons. The summed E-state index contributed by atoms with van der Waals surface area (Å²) in [7, 11) is 1.95. The van der Waals surface area contributed by atoms with E-state index in [0.29, 0.717) is 24.3 Å². The van der Waals surface area contributed by atoms with Gasteiger partial charge in [-0.3, -0.25) is 0 Å². The molecule has 0 aromatic carbocycles. The van der Waals surface area contributed by atoms with Crippen LogP contribution < -0.4 is 9.80 Å². The van der Waals surface area contributed by atoms with Gasteiger partial charge in [-0.1, -0.05) is 6.42 Å². The number of nitrogens with zero attached hydrogens (tertiary/aromatic N) is 5. The van der Waals surface area contributed by atoms with Gasteiger partial charge in [0.05, 0.1) is 24.4 Å². The number of hydrogen-bond acceptors (Lipinski definition) is 7. The molecular formula is C23H33N5O2. The monoisotopic (exact) mass is 411 g/mol. The maximum absolute atomic E-state index is 10.3. The maximum Gasteiger partial charge on any atom is 0.140 e. The molecule has 3 aliphatic rings. The molecular weight excluding hydrogens is 378 g/mol. The van der Waals surface area contributed by atoms with Gasteiger partial charge in [-0.15, -0.1) is 0 Å². The number of anilines is 2. The van der Waals surface area contributed by atoms with Gasteiger partial charge in [0.25, 0.3) is 0 Å². The molecule has 0 bridgehead atoms. The molecule has 2 aromatic rings. The first-order valence-electron chi connectivity index (χ1n) is 11.6. The van der Waals surface area contributed by atoms with Crippen molar-refractivity contribution in [3.05, 3.63) is 18.1 Å². The van der Waals surface area contributed by atoms with Crippen molar-refractivity contribution in [2.75, 3.05) is 43.1 Å². The Bertz CT molecular complexity index is 895. The van der Waals surface area contributed by atoms with Crippen LogP contribution >= 0.6 is 0 Å². The van der Waals surface area contributed by atoms with Crippen molar-refractivity contribution in [1.82, 2.24) is 15.0 Å². The normalized spacial score (nSPS) is 25.2. The standard InChI is InChI=1S/C23H33N5O2/c1-27(11-12-29)21-13-18-19(14-24-21)25-22(16-5-6-16)26-23(18)28-9-7-15(8-10-28)17-3-2-4-20(17)30/h13-17,20,29-30H,2-12H2,1H3. The summed E-state index contributed by atoms with van der Waals surface area (Å²) in [4.78, 5) is 18.8. The predicted molar refractivity (Wildman–Crippen MR) is 118 cm³/mol. The number of aliphatic hydroxyl groups is 2. The van der Waals surface area contributed by atoms with Crippen molar-refractivity contribution in [3.8, 4) is 0 Å². The van der Waals surface area contributed by atoms with Crippen molar-refractivity contribution >= 4 is 22.5 Å². The highest BCUT2D eigenvalue weighted by Gasteiger charge is 2.35. The average Bonchev–Trinajstić information content (AvgIpc) is 3.54. The zero-order valence-corrected chi connectivity index (χ0v) is 17.9. The summed E-state index contributed by atoms with van der Waals surface area (Å²) in [5.41, 5.74) is 0.913. The third kappa shape index (κ3) is 3.85. The van der Waals surface area contributed by atoms with Crippen LogP contribution in [0, 0.1) is 11.8 Å². The maximum atomic E-state index is 10.3. The second kappa shape index (κ2) is 8.27. The molecule has 2 unspecified atom stereocenters. The van der Waals surface area contributed by atoms with Gasteiger partial charge in [0.15, 0.2) is 0 Å². The van der Waals surface area contributed by atoms with Crippen LogP contribution in [0.5, 0.6) is 0 Å². The summed E-state index contributed by atoms with van der Waals surface area (Å²) in [6.45, 7) is 2.60. The van der Waals surface area contributed by atoms with E-state index >= 15 is 0 Å². The minimum atomic E-state index is -0.0985. The van der Waals surface area contributed by atoms with E-state index in [1.807, 2.05) is 18.1 Å². The third-order valence-electron chi connectivity index (χ3n) is 7.31. The van der Waals surface area contributed by atoms with Gasteiger partial charge in [-0.05, 0) is 56.4 Å². The fourth-order valence-electron chi connectivity index (χ4n) is 5.32. The van der Waals surface area contributed by atoms with Gasteiger partial charge in [-0.25, -0.2) is 15.0 Å². The van der Waals surface area contributed by atoms with Crippen LogP contribution in [0.4, 0.5) is 11.6 Å². The third-order valence-corrected chi connectivity index (χ3v) is 7.31. The molecule has 7 heteroatoms. The molecule has 5 rings (SSSR count). The lowest BCUT2D eigenvalue weighted by Crippen LogP contribution is -2.38. The lowest BCUT2D eigenvalue weighted by atomic mass is 9.82. The molecule has 2 saturated carbocycles. The molecule has 1 aliphatic heterocycles. The topological polar surface area (TPSA) is 85.6 Å². The van der Waals surface area contributed by atoms with Gasteiger partial charge in [0.1, 0.15) is 17.5 Å². The molecule has 30 heavy (non-hydrogen) atoms. The summed E-state index contributed by atoms with van der Waals surface area (Å²) in [5, 5.41) is 20.7. The van der Waals surface area contributed by atoms with Gasteiger partial charge in [0.2, 0.25) is 0 Å². The molecule has 1 saturated heterocycles. The second-order valence-corrected chi connectivity index (χ2v) is 9.37. The SMILES string of the molecule is CN(CCO)c1cc2c(N3CCC(C4CCCC4O)CC3)nc(C3CC3)nc2cn1. The van der Waals surface area contributed by atoms with E-state index in [4.69, 9.17) is 9.97 Å². The molecule has 3 heterocycles. The summed E-state index contributed by atoms with van der Waals surface area (Å²) in [6, 6.07) is 2.07. The number of aliphatic hydroxyl groups excluding tert-OH is 2. The molecule has 3 fully saturated rings. The quantitative estimate of drug-likeness (QED) is 0.756. The van der Waals surface area contributed by atoms with Crippen LogP contribution in [0.15, 0.2) is 12.3 Å². The van der Waals surface area contributed by atoms with Gasteiger partial charge in [-0.2, -0.15) is 0 Å². The van der Waals surface area contributed by atoms with Crippen molar-refractivity contribution in [3.63, 3.8) is 0 Å². The second-order valence-electron chi connectivity index (χ2n) is 9.37. The van der Waals surface area contributed by atoms with Gasteiger partial charge in [0, 0.05) is 38.0 Å². The Labute approximate surface area is 178 Å². The minimum absolute atomic E-state index is 0.0979. The number of pyridine rings is 1. The Morgan fingerprint density at radius 3 is 2.57 bits per heavy atom. The number of fused-ring (bicyclic) bond motifs is 1. The molecule has 0 spiro atoms. The van der Waals surface area contributed by atoms with Gasteiger partial charge < -0.3 is 20.0 Å². The lowest BCUT2D eigenvalue weighted by molar-refractivity contribution is 0.0883. The molecule has 7 nitrogen and oxygen atoms in total. The van der Waals surface area contributed by atoms with Crippen LogP contribution in [0.1, 0.15) is 56.7 Å². The molecule has 2 aromatic heterocycles. The number of rotatable bonds is 6. The first-order valence-corrected chi connectivity index (χ1v) is 11.6. The van der Waals surface area contributed by atoms with Crippen molar-refractivity contribution in [1.29, 1.82) is 0 Å². The van der Waals surface area contributed by atoms with E-state index in [1.165, 1.54) is 25.7 Å². The first-order chi connectivity index (χ1) is 14.6. The number of hydrogen-bond donors (Lipinski definition) is 2. The highest BCUT2D eigenvalue weighted by atomic mass is 16.3. The fourth-order valence-corrected chi connectivity index (χ4v) is 5.32. The van der Waals surface area contributed by atoms with E-state index in [-0.39, 0.29) is 12.7 Å². The number of aromatic nitrogens is 3. The van der Waals surface area contributed by atoms with Crippen molar-refractivity contribution < 1.29 is 10.2 Å². The van der Waals surface area contributed by atoms with E-state index in [2.05, 4.69) is 16.0 Å². The Morgan fingerprint density at radius 2 is 1.90 bits per heavy atom. The molecule has 2 atom stereocenters. The summed E-state index contributed by atoms with van der Waals surface area (Å²) in [5.74, 6) is 4.44. The van der Waals surface area contributed by atoms with E-state index in [9.17, 15) is 10.2 Å². The zero-order chi connectivity index (χ0) is 20.7. The summed E-state index contributed by atoms with van der Waals surface area (Å²) in [6.07, 6.45) is 9.68. The van der Waals surface area contributed by atoms with Gasteiger partial charge >= 0.3 is 0 Å². The van der Waals surface area contributed by atoms with Crippen LogP contribution in [-0.2, 0) is 0 Å². The molecule has 2 N–H and O–H groups in total. The average molecular weight is 412 g/mol. The largest absolute Gasteiger partial charge is 0.395 e. The predicted octanol–water partition coefficient (Wildman–Crippen LogP) is 2.71. The Balaban J connectivity index is 1.43. The molecule has 0 amide bonds. The minimum Gasteiger partial charge on any atom is -0.395 e. The van der Waals surface area contributed by atoms with Crippen LogP contribution in [0.2, 0.25) is 0 Å². The zero-order valence-electron chi connectivity index (χ0n) is 17.9. The van der Waals surface area contributed by atoms with E-state index < -0.39 is 0 Å². The lowest BCUT2D eigenvalue weighted by Gasteiger charge is -2.37. The highest BCUT2D eigenvalue weighted by Crippen LogP contribution is 2.42. The Kier molecular flexibility index (Phi) is 5.50. The van der Waals surface area contributed by atoms with Crippen molar-refractivity contribution in [2.24, 2.45) is 11.8 Å². The molecule has 162 valence electrons. The molecule has 2 aliphatic carbocycles. The summed E-state index contributed by atoms with van der Waals surface area (Å²) >= 11 is 0. The summed E-state index contributed by atoms with van der Waals surface area (Å²) < 4.78 is 0. The Hall–Kier alpha value is -1.99. The Morgan fingerprint density at radius 1 is 1.10 bits per heavy atom. The number of piperidine rings is 1. The smallest absolute Gasteiger partial charge is 0.140 e. The highest BCUT2D eigenvalue weighted by molar-refractivity contribution is 5.91. The van der Waals surface area contributed by atoms with E-state index in [0.717, 1.165) is 60.7 Å². The number of likely N-dealkylation sites (N-methyl/N-ethyl adjacent to an activating group) is 1. The van der Waals surface area contributed by atoms with E-state index in [1.54, 1.807) is 0 Å². The first kappa shape index (κ1) is 19.9.